The van der Waals surface area contributed by atoms with Crippen LogP contribution >= 0.6 is 0 Å². The lowest BCUT2D eigenvalue weighted by atomic mass is 9.96. The van der Waals surface area contributed by atoms with Gasteiger partial charge in [0, 0.05) is 12.0 Å². The molecular formula is C11H18B2O6. The summed E-state index contributed by atoms with van der Waals surface area (Å²) >= 11 is 0. The van der Waals surface area contributed by atoms with Crippen molar-refractivity contribution in [1.82, 2.24) is 0 Å². The molecule has 0 saturated carbocycles. The zero-order valence-electron chi connectivity index (χ0n) is 10.7. The third-order valence-corrected chi connectivity index (χ3v) is 3.31. The van der Waals surface area contributed by atoms with Crippen molar-refractivity contribution in [1.29, 1.82) is 0 Å². The average Bonchev–Trinajstić information content (AvgIpc) is 2.87. The van der Waals surface area contributed by atoms with Gasteiger partial charge in [0.1, 0.15) is 34.7 Å². The molecule has 2 saturated heterocycles. The van der Waals surface area contributed by atoms with Crippen molar-refractivity contribution < 1.29 is 29.2 Å². The molecule has 2 aliphatic rings. The highest BCUT2D eigenvalue weighted by atomic mass is 16.7. The highest BCUT2D eigenvalue weighted by Gasteiger charge is 2.33. The van der Waals surface area contributed by atoms with Crippen LogP contribution in [0.25, 0.3) is 0 Å². The number of rotatable bonds is 6. The van der Waals surface area contributed by atoms with Crippen molar-refractivity contribution >= 4 is 15.7 Å². The van der Waals surface area contributed by atoms with Crippen LogP contribution in [0.1, 0.15) is 12.8 Å². The van der Waals surface area contributed by atoms with Gasteiger partial charge in [-0.2, -0.15) is 0 Å². The van der Waals surface area contributed by atoms with Gasteiger partial charge in [-0.25, -0.2) is 0 Å². The molecule has 0 aromatic heterocycles. The van der Waals surface area contributed by atoms with Crippen LogP contribution in [0.2, 0.25) is 0 Å². The summed E-state index contributed by atoms with van der Waals surface area (Å²) in [6.07, 6.45) is -0.802. The molecule has 2 fully saturated rings. The van der Waals surface area contributed by atoms with E-state index < -0.39 is 30.3 Å². The molecule has 8 heteroatoms. The first kappa shape index (κ1) is 15.3. The normalized spacial score (nSPS) is 42.8. The SMILES string of the molecule is [B][C@H]1C[C@@H](O)[C@@H](COCO[C@@H]2C[C@H]([B])O[C@@H]2CO)O1. The van der Waals surface area contributed by atoms with Crippen LogP contribution in [0, 0.1) is 0 Å². The second-order valence-electron chi connectivity index (χ2n) is 4.84. The van der Waals surface area contributed by atoms with E-state index in [-0.39, 0.29) is 26.1 Å². The molecule has 0 unspecified atom stereocenters. The monoisotopic (exact) mass is 268 g/mol. The Kier molecular flexibility index (Phi) is 5.68. The Bertz CT molecular complexity index is 282. The molecular weight excluding hydrogens is 250 g/mol. The van der Waals surface area contributed by atoms with Crippen LogP contribution < -0.4 is 0 Å². The number of aliphatic hydroxyl groups excluding tert-OH is 2. The summed E-state index contributed by atoms with van der Waals surface area (Å²) in [5.41, 5.74) is 0. The van der Waals surface area contributed by atoms with Crippen LogP contribution in [0.15, 0.2) is 0 Å². The quantitative estimate of drug-likeness (QED) is 0.338. The standard InChI is InChI=1S/C11H18B2O6/c12-10-1-6(15)9(19-10)4-16-5-17-7-2-11(13)18-8(7)3-14/h6-11,14-15H,1-5H2/t6-,7-,8-,9-,10-,11-/m1/s1. The maximum atomic E-state index is 9.59. The highest BCUT2D eigenvalue weighted by Crippen LogP contribution is 2.22. The van der Waals surface area contributed by atoms with Crippen molar-refractivity contribution in [3.8, 4) is 0 Å². The van der Waals surface area contributed by atoms with Gasteiger partial charge in [-0.05, 0) is 12.8 Å². The summed E-state index contributed by atoms with van der Waals surface area (Å²) < 4.78 is 21.2. The van der Waals surface area contributed by atoms with Crippen molar-refractivity contribution in [2.24, 2.45) is 0 Å². The van der Waals surface area contributed by atoms with Crippen molar-refractivity contribution in [2.45, 2.75) is 49.3 Å². The Labute approximate surface area is 115 Å². The third-order valence-electron chi connectivity index (χ3n) is 3.31. The summed E-state index contributed by atoms with van der Waals surface area (Å²) in [5.74, 6) is 0. The molecule has 2 rings (SSSR count). The van der Waals surface area contributed by atoms with Gasteiger partial charge < -0.3 is 29.2 Å². The first-order chi connectivity index (χ1) is 9.10. The molecule has 104 valence electrons. The zero-order valence-corrected chi connectivity index (χ0v) is 10.7. The van der Waals surface area contributed by atoms with Gasteiger partial charge in [0.05, 0.1) is 25.4 Å². The van der Waals surface area contributed by atoms with Crippen molar-refractivity contribution in [2.75, 3.05) is 20.0 Å². The Hall–Kier alpha value is -0.110. The Morgan fingerprint density at radius 3 is 2.42 bits per heavy atom. The van der Waals surface area contributed by atoms with E-state index in [0.717, 1.165) is 0 Å². The lowest BCUT2D eigenvalue weighted by Gasteiger charge is -2.19. The van der Waals surface area contributed by atoms with E-state index in [0.29, 0.717) is 12.8 Å². The molecule has 0 aromatic carbocycles. The predicted molar refractivity (Wildman–Crippen MR) is 66.8 cm³/mol. The van der Waals surface area contributed by atoms with E-state index in [1.807, 2.05) is 0 Å². The van der Waals surface area contributed by atoms with E-state index in [4.69, 9.17) is 39.7 Å². The van der Waals surface area contributed by atoms with Gasteiger partial charge in [-0.15, -0.1) is 0 Å². The van der Waals surface area contributed by atoms with E-state index in [1.165, 1.54) is 0 Å². The van der Waals surface area contributed by atoms with Crippen LogP contribution in [0.5, 0.6) is 0 Å². The Morgan fingerprint density at radius 2 is 1.79 bits per heavy atom. The summed E-state index contributed by atoms with van der Waals surface area (Å²) in [7, 11) is 11.2. The number of hydrogen-bond acceptors (Lipinski definition) is 6. The molecule has 0 aliphatic carbocycles. The van der Waals surface area contributed by atoms with Crippen molar-refractivity contribution in [3.63, 3.8) is 0 Å². The molecule has 2 N–H and O–H groups in total. The van der Waals surface area contributed by atoms with E-state index >= 15 is 0 Å². The number of aliphatic hydroxyl groups is 2. The fraction of sp³-hybridized carbons (Fsp3) is 1.00. The van der Waals surface area contributed by atoms with Gasteiger partial charge in [-0.3, -0.25) is 0 Å². The van der Waals surface area contributed by atoms with Gasteiger partial charge in [0.2, 0.25) is 0 Å². The zero-order chi connectivity index (χ0) is 13.8. The fourth-order valence-corrected chi connectivity index (χ4v) is 2.30. The molecule has 0 spiro atoms. The van der Waals surface area contributed by atoms with E-state index in [9.17, 15) is 5.11 Å². The van der Waals surface area contributed by atoms with E-state index in [1.54, 1.807) is 0 Å². The molecule has 4 radical (unpaired) electrons. The molecule has 0 aromatic rings. The first-order valence-corrected chi connectivity index (χ1v) is 6.40. The minimum absolute atomic E-state index is 0.0268. The summed E-state index contributed by atoms with van der Waals surface area (Å²) in [6.45, 7) is 0.0923. The predicted octanol–water partition coefficient (Wildman–Crippen LogP) is -1.73. The van der Waals surface area contributed by atoms with Gasteiger partial charge in [0.25, 0.3) is 0 Å². The van der Waals surface area contributed by atoms with Gasteiger partial charge in [-0.1, -0.05) is 0 Å². The third kappa shape index (κ3) is 4.18. The number of hydrogen-bond donors (Lipinski definition) is 2. The van der Waals surface area contributed by atoms with Crippen LogP contribution in [0.4, 0.5) is 0 Å². The fourth-order valence-electron chi connectivity index (χ4n) is 2.30. The maximum absolute atomic E-state index is 9.59. The molecule has 2 heterocycles. The van der Waals surface area contributed by atoms with E-state index in [2.05, 4.69) is 0 Å². The summed E-state index contributed by atoms with van der Waals surface area (Å²) in [6, 6.07) is -0.857. The largest absolute Gasteiger partial charge is 0.394 e. The summed E-state index contributed by atoms with van der Waals surface area (Å²) in [5, 5.41) is 18.7. The molecule has 6 atom stereocenters. The molecule has 2 aliphatic heterocycles. The van der Waals surface area contributed by atoms with Gasteiger partial charge in [0.15, 0.2) is 0 Å². The second-order valence-corrected chi connectivity index (χ2v) is 4.84. The van der Waals surface area contributed by atoms with Crippen LogP contribution in [0.3, 0.4) is 0 Å². The summed E-state index contributed by atoms with van der Waals surface area (Å²) in [4.78, 5) is 0. The topological polar surface area (TPSA) is 77.4 Å². The molecule has 19 heavy (non-hydrogen) atoms. The molecule has 0 bridgehead atoms. The molecule has 0 amide bonds. The molecule has 6 nitrogen and oxygen atoms in total. The lowest BCUT2D eigenvalue weighted by molar-refractivity contribution is -0.135. The smallest absolute Gasteiger partial charge is 0.147 e. The second kappa shape index (κ2) is 7.06. The van der Waals surface area contributed by atoms with Crippen LogP contribution in [-0.2, 0) is 18.9 Å². The number of ether oxygens (including phenoxy) is 4. The Balaban J connectivity index is 1.61. The highest BCUT2D eigenvalue weighted by molar-refractivity contribution is 6.11. The minimum atomic E-state index is -0.608. The average molecular weight is 268 g/mol. The maximum Gasteiger partial charge on any atom is 0.147 e. The lowest BCUT2D eigenvalue weighted by Crippen LogP contribution is -2.31. The Morgan fingerprint density at radius 1 is 1.11 bits per heavy atom. The first-order valence-electron chi connectivity index (χ1n) is 6.40. The van der Waals surface area contributed by atoms with Crippen LogP contribution in [-0.4, -0.2) is 82.3 Å². The van der Waals surface area contributed by atoms with Crippen molar-refractivity contribution in [3.05, 3.63) is 0 Å². The van der Waals surface area contributed by atoms with Gasteiger partial charge >= 0.3 is 0 Å². The minimum Gasteiger partial charge on any atom is -0.394 e.